The van der Waals surface area contributed by atoms with Gasteiger partial charge in [0.1, 0.15) is 0 Å². The van der Waals surface area contributed by atoms with Gasteiger partial charge in [-0.1, -0.05) is 60.7 Å². The van der Waals surface area contributed by atoms with Crippen LogP contribution in [-0.4, -0.2) is 4.57 Å². The Kier molecular flexibility index (Phi) is 4.32. The lowest BCUT2D eigenvalue weighted by Crippen LogP contribution is -2.19. The highest BCUT2D eigenvalue weighted by Gasteiger charge is 2.07. The van der Waals surface area contributed by atoms with Crippen LogP contribution >= 0.6 is 11.3 Å². The molecular weight excluding hydrogens is 326 g/mol. The molecule has 0 N–H and O–H groups in total. The first-order valence-electron chi connectivity index (χ1n) is 8.19. The molecule has 25 heavy (non-hydrogen) atoms. The molecule has 0 fully saturated rings. The highest BCUT2D eigenvalue weighted by molar-refractivity contribution is 7.13. The SMILES string of the molecule is O=c1ccc(-c2cccs2)cn1Cc1ccccc1-c1ccccc1. The predicted molar refractivity (Wildman–Crippen MR) is 105 cm³/mol. The molecule has 0 saturated carbocycles. The maximum Gasteiger partial charge on any atom is 0.250 e. The summed E-state index contributed by atoms with van der Waals surface area (Å²) in [4.78, 5) is 13.5. The Hall–Kier alpha value is -2.91. The molecular formula is C22H17NOS. The van der Waals surface area contributed by atoms with Crippen LogP contribution in [0.15, 0.2) is 95.2 Å². The van der Waals surface area contributed by atoms with Gasteiger partial charge in [-0.15, -0.1) is 11.3 Å². The Morgan fingerprint density at radius 3 is 2.36 bits per heavy atom. The summed E-state index contributed by atoms with van der Waals surface area (Å²) in [6.45, 7) is 0.559. The second-order valence-corrected chi connectivity index (χ2v) is 6.83. The van der Waals surface area contributed by atoms with E-state index in [1.807, 2.05) is 48.7 Å². The van der Waals surface area contributed by atoms with Gasteiger partial charge in [0.05, 0.1) is 6.54 Å². The smallest absolute Gasteiger partial charge is 0.250 e. The molecule has 2 heterocycles. The van der Waals surface area contributed by atoms with Crippen LogP contribution < -0.4 is 5.56 Å². The molecule has 2 aromatic heterocycles. The molecule has 2 aromatic carbocycles. The first-order valence-corrected chi connectivity index (χ1v) is 9.07. The lowest BCUT2D eigenvalue weighted by atomic mass is 9.99. The second-order valence-electron chi connectivity index (χ2n) is 5.88. The Bertz CT molecular complexity index is 1030. The van der Waals surface area contributed by atoms with Crippen molar-refractivity contribution < 1.29 is 0 Å². The van der Waals surface area contributed by atoms with Crippen LogP contribution in [0.3, 0.4) is 0 Å². The molecule has 0 radical (unpaired) electrons. The summed E-state index contributed by atoms with van der Waals surface area (Å²) < 4.78 is 1.79. The summed E-state index contributed by atoms with van der Waals surface area (Å²) in [5.74, 6) is 0. The van der Waals surface area contributed by atoms with E-state index < -0.39 is 0 Å². The van der Waals surface area contributed by atoms with Crippen molar-refractivity contribution in [1.82, 2.24) is 4.57 Å². The summed E-state index contributed by atoms with van der Waals surface area (Å²) in [5.41, 5.74) is 4.56. The van der Waals surface area contributed by atoms with Gasteiger partial charge in [0.2, 0.25) is 0 Å². The molecule has 0 unspecified atom stereocenters. The van der Waals surface area contributed by atoms with Crippen molar-refractivity contribution in [2.24, 2.45) is 0 Å². The van der Waals surface area contributed by atoms with Crippen LogP contribution in [0.5, 0.6) is 0 Å². The minimum absolute atomic E-state index is 0.0168. The Labute approximate surface area is 150 Å². The molecule has 0 amide bonds. The van der Waals surface area contributed by atoms with Crippen LogP contribution in [0.1, 0.15) is 5.56 Å². The number of pyridine rings is 1. The normalized spacial score (nSPS) is 10.7. The van der Waals surface area contributed by atoms with E-state index in [0.717, 1.165) is 16.7 Å². The first-order chi connectivity index (χ1) is 12.3. The molecule has 0 bridgehead atoms. The molecule has 3 heteroatoms. The van der Waals surface area contributed by atoms with Crippen molar-refractivity contribution >= 4 is 11.3 Å². The van der Waals surface area contributed by atoms with Crippen molar-refractivity contribution in [3.63, 3.8) is 0 Å². The van der Waals surface area contributed by atoms with Gasteiger partial charge in [0.25, 0.3) is 5.56 Å². The van der Waals surface area contributed by atoms with Crippen molar-refractivity contribution in [3.05, 3.63) is 106 Å². The Balaban J connectivity index is 1.74. The predicted octanol–water partition coefficient (Wildman–Crippen LogP) is 5.29. The van der Waals surface area contributed by atoms with Crippen LogP contribution in [0, 0.1) is 0 Å². The van der Waals surface area contributed by atoms with Crippen LogP contribution in [0.25, 0.3) is 21.6 Å². The van der Waals surface area contributed by atoms with Crippen LogP contribution in [0.2, 0.25) is 0 Å². The molecule has 122 valence electrons. The number of nitrogens with zero attached hydrogens (tertiary/aromatic N) is 1. The lowest BCUT2D eigenvalue weighted by molar-refractivity contribution is 0.762. The highest BCUT2D eigenvalue weighted by atomic mass is 32.1. The monoisotopic (exact) mass is 343 g/mol. The number of rotatable bonds is 4. The van der Waals surface area contributed by atoms with Gasteiger partial charge in [-0.05, 0) is 34.2 Å². The van der Waals surface area contributed by atoms with Gasteiger partial charge in [-0.25, -0.2) is 0 Å². The fraction of sp³-hybridized carbons (Fsp3) is 0.0455. The van der Waals surface area contributed by atoms with Crippen LogP contribution in [0.4, 0.5) is 0 Å². The molecule has 0 saturated heterocycles. The van der Waals surface area contributed by atoms with Gasteiger partial charge >= 0.3 is 0 Å². The average Bonchev–Trinajstić information content (AvgIpc) is 3.19. The number of thiophene rings is 1. The molecule has 4 rings (SSSR count). The number of aromatic nitrogens is 1. The van der Waals surface area contributed by atoms with E-state index in [4.69, 9.17) is 0 Å². The summed E-state index contributed by atoms with van der Waals surface area (Å²) in [7, 11) is 0. The maximum absolute atomic E-state index is 12.4. The quantitative estimate of drug-likeness (QED) is 0.493. The summed E-state index contributed by atoms with van der Waals surface area (Å²) >= 11 is 1.68. The Morgan fingerprint density at radius 1 is 0.760 bits per heavy atom. The van der Waals surface area contributed by atoms with Crippen LogP contribution in [-0.2, 0) is 6.54 Å². The zero-order chi connectivity index (χ0) is 17.1. The molecule has 2 nitrogen and oxygen atoms in total. The van der Waals surface area contributed by atoms with Gasteiger partial charge in [-0.2, -0.15) is 0 Å². The summed E-state index contributed by atoms with van der Waals surface area (Å²) in [5, 5.41) is 2.05. The topological polar surface area (TPSA) is 22.0 Å². The maximum atomic E-state index is 12.4. The number of benzene rings is 2. The van der Waals surface area contributed by atoms with E-state index >= 15 is 0 Å². The lowest BCUT2D eigenvalue weighted by Gasteiger charge is -2.12. The van der Waals surface area contributed by atoms with E-state index in [1.165, 1.54) is 10.4 Å². The third-order valence-electron chi connectivity index (χ3n) is 4.23. The van der Waals surface area contributed by atoms with Gasteiger partial charge in [-0.3, -0.25) is 4.79 Å². The van der Waals surface area contributed by atoms with Crippen molar-refractivity contribution in [2.75, 3.05) is 0 Å². The van der Waals surface area contributed by atoms with E-state index in [9.17, 15) is 4.79 Å². The fourth-order valence-electron chi connectivity index (χ4n) is 2.98. The second kappa shape index (κ2) is 6.91. The number of hydrogen-bond donors (Lipinski definition) is 0. The van der Waals surface area contributed by atoms with E-state index in [1.54, 1.807) is 22.0 Å². The van der Waals surface area contributed by atoms with E-state index in [-0.39, 0.29) is 5.56 Å². The summed E-state index contributed by atoms with van der Waals surface area (Å²) in [6.07, 6.45) is 1.95. The molecule has 0 aliphatic rings. The van der Waals surface area contributed by atoms with Gasteiger partial charge in [0.15, 0.2) is 0 Å². The molecule has 0 aliphatic carbocycles. The fourth-order valence-corrected chi connectivity index (χ4v) is 3.70. The standard InChI is InChI=1S/C22H17NOS/c24-22-13-12-19(21-11-6-14-25-21)16-23(22)15-18-9-4-5-10-20(18)17-7-2-1-3-8-17/h1-14,16H,15H2. The van der Waals surface area contributed by atoms with Gasteiger partial charge < -0.3 is 4.57 Å². The third kappa shape index (κ3) is 3.32. The molecule has 0 aliphatic heterocycles. The summed E-state index contributed by atoms with van der Waals surface area (Å²) in [6, 6.07) is 26.2. The van der Waals surface area contributed by atoms with E-state index in [2.05, 4.69) is 35.7 Å². The molecule has 0 atom stereocenters. The zero-order valence-corrected chi connectivity index (χ0v) is 14.4. The largest absolute Gasteiger partial charge is 0.310 e. The van der Waals surface area contributed by atoms with Crippen molar-refractivity contribution in [1.29, 1.82) is 0 Å². The molecule has 0 spiro atoms. The number of hydrogen-bond acceptors (Lipinski definition) is 2. The van der Waals surface area contributed by atoms with Crippen molar-refractivity contribution in [3.8, 4) is 21.6 Å². The third-order valence-corrected chi connectivity index (χ3v) is 5.15. The first kappa shape index (κ1) is 15.6. The average molecular weight is 343 g/mol. The van der Waals surface area contributed by atoms with Gasteiger partial charge in [0, 0.05) is 22.7 Å². The highest BCUT2D eigenvalue weighted by Crippen LogP contribution is 2.26. The minimum Gasteiger partial charge on any atom is -0.310 e. The molecule has 4 aromatic rings. The zero-order valence-electron chi connectivity index (χ0n) is 13.6. The van der Waals surface area contributed by atoms with Crippen molar-refractivity contribution in [2.45, 2.75) is 6.54 Å². The Morgan fingerprint density at radius 2 is 1.56 bits per heavy atom. The minimum atomic E-state index is 0.0168. The van der Waals surface area contributed by atoms with E-state index in [0.29, 0.717) is 6.54 Å².